The van der Waals surface area contributed by atoms with Crippen molar-refractivity contribution in [1.29, 1.82) is 0 Å². The Labute approximate surface area is 183 Å². The van der Waals surface area contributed by atoms with E-state index in [0.29, 0.717) is 16.2 Å². The smallest absolute Gasteiger partial charge is 0.0261 e. The number of rotatable bonds is 5. The van der Waals surface area contributed by atoms with Crippen molar-refractivity contribution in [2.24, 2.45) is 57.7 Å². The molecule has 4 saturated carbocycles. The number of fused-ring (bicyclic) bond motifs is 5. The molecule has 0 aromatic carbocycles. The van der Waals surface area contributed by atoms with Crippen LogP contribution in [0.15, 0.2) is 0 Å². The van der Waals surface area contributed by atoms with Crippen LogP contribution in [-0.4, -0.2) is 0 Å². The molecule has 1 unspecified atom stereocenters. The zero-order valence-corrected chi connectivity index (χ0v) is 21.0. The van der Waals surface area contributed by atoms with Crippen LogP contribution in [-0.2, 0) is 0 Å². The number of hydrogen-bond donors (Lipinski definition) is 0. The van der Waals surface area contributed by atoms with Gasteiger partial charge in [-0.05, 0) is 109 Å². The second-order valence-electron chi connectivity index (χ2n) is 13.9. The van der Waals surface area contributed by atoms with Gasteiger partial charge >= 0.3 is 0 Å². The Bertz CT molecular complexity index is 573. The molecule has 0 nitrogen and oxygen atoms in total. The molecule has 29 heavy (non-hydrogen) atoms. The Kier molecular flexibility index (Phi) is 6.01. The van der Waals surface area contributed by atoms with Crippen LogP contribution in [0.1, 0.15) is 126 Å². The Morgan fingerprint density at radius 2 is 1.45 bits per heavy atom. The molecule has 168 valence electrons. The average molecular weight is 401 g/mol. The van der Waals surface area contributed by atoms with Gasteiger partial charge in [0.1, 0.15) is 0 Å². The van der Waals surface area contributed by atoms with E-state index in [9.17, 15) is 0 Å². The molecule has 0 heteroatoms. The van der Waals surface area contributed by atoms with Crippen LogP contribution in [0, 0.1) is 57.7 Å². The van der Waals surface area contributed by atoms with Gasteiger partial charge in [0, 0.05) is 0 Å². The highest BCUT2D eigenvalue weighted by Crippen LogP contribution is 2.70. The molecule has 0 aliphatic heterocycles. The zero-order valence-electron chi connectivity index (χ0n) is 21.0. The molecule has 4 rings (SSSR count). The van der Waals surface area contributed by atoms with Crippen molar-refractivity contribution >= 4 is 0 Å². The molecule has 4 fully saturated rings. The molecular formula is C29H52. The van der Waals surface area contributed by atoms with Crippen LogP contribution in [0.4, 0.5) is 0 Å². The van der Waals surface area contributed by atoms with E-state index in [0.717, 1.165) is 41.4 Å². The van der Waals surface area contributed by atoms with Crippen molar-refractivity contribution in [2.45, 2.75) is 126 Å². The first-order valence-electron chi connectivity index (χ1n) is 13.6. The normalized spacial score (nSPS) is 47.4. The minimum absolute atomic E-state index is 0.585. The summed E-state index contributed by atoms with van der Waals surface area (Å²) in [7, 11) is 0. The van der Waals surface area contributed by atoms with Crippen molar-refractivity contribution in [1.82, 2.24) is 0 Å². The molecule has 0 heterocycles. The predicted octanol–water partition coefficient (Wildman–Crippen LogP) is 9.13. The first-order chi connectivity index (χ1) is 13.6. The van der Waals surface area contributed by atoms with Gasteiger partial charge in [-0.25, -0.2) is 0 Å². The molecule has 0 amide bonds. The van der Waals surface area contributed by atoms with Gasteiger partial charge < -0.3 is 0 Å². The maximum atomic E-state index is 2.75. The minimum atomic E-state index is 0.585. The average Bonchev–Trinajstić information content (AvgIpc) is 2.98. The molecule has 0 aromatic heterocycles. The highest BCUT2D eigenvalue weighted by Gasteiger charge is 2.62. The summed E-state index contributed by atoms with van der Waals surface area (Å²) >= 11 is 0. The summed E-state index contributed by atoms with van der Waals surface area (Å²) in [6.45, 7) is 18.1. The van der Waals surface area contributed by atoms with E-state index in [-0.39, 0.29) is 0 Å². The third-order valence-corrected chi connectivity index (χ3v) is 11.5. The largest absolute Gasteiger partial charge is 0.0628 e. The van der Waals surface area contributed by atoms with E-state index >= 15 is 0 Å². The van der Waals surface area contributed by atoms with Crippen LogP contribution >= 0.6 is 0 Å². The monoisotopic (exact) mass is 400 g/mol. The molecule has 0 N–H and O–H groups in total. The molecule has 0 aromatic rings. The lowest BCUT2D eigenvalue weighted by Crippen LogP contribution is -2.56. The van der Waals surface area contributed by atoms with Gasteiger partial charge in [0.25, 0.3) is 0 Å². The molecule has 0 bridgehead atoms. The lowest BCUT2D eigenvalue weighted by atomic mass is 9.41. The van der Waals surface area contributed by atoms with Crippen molar-refractivity contribution in [3.8, 4) is 0 Å². The van der Waals surface area contributed by atoms with Gasteiger partial charge in [0.15, 0.2) is 0 Å². The third-order valence-electron chi connectivity index (χ3n) is 11.5. The lowest BCUT2D eigenvalue weighted by Gasteiger charge is -2.64. The van der Waals surface area contributed by atoms with Crippen LogP contribution in [0.3, 0.4) is 0 Å². The van der Waals surface area contributed by atoms with Crippen molar-refractivity contribution in [3.63, 3.8) is 0 Å². The summed E-state index contributed by atoms with van der Waals surface area (Å²) in [6.07, 6.45) is 18.1. The molecule has 4 aliphatic carbocycles. The van der Waals surface area contributed by atoms with Gasteiger partial charge in [0.05, 0.1) is 0 Å². The fraction of sp³-hybridized carbons (Fsp3) is 1.00. The van der Waals surface area contributed by atoms with E-state index in [2.05, 4.69) is 48.5 Å². The molecule has 0 radical (unpaired) electrons. The van der Waals surface area contributed by atoms with Gasteiger partial charge in [0.2, 0.25) is 0 Å². The lowest BCUT2D eigenvalue weighted by molar-refractivity contribution is -0.147. The highest BCUT2D eigenvalue weighted by atomic mass is 14.7. The fourth-order valence-corrected chi connectivity index (χ4v) is 10.2. The van der Waals surface area contributed by atoms with E-state index in [4.69, 9.17) is 0 Å². The summed E-state index contributed by atoms with van der Waals surface area (Å²) in [6, 6.07) is 0. The predicted molar refractivity (Wildman–Crippen MR) is 127 cm³/mol. The molecular weight excluding hydrogens is 348 g/mol. The summed E-state index contributed by atoms with van der Waals surface area (Å²) in [5.74, 6) is 6.95. The topological polar surface area (TPSA) is 0 Å². The molecule has 0 spiro atoms. The van der Waals surface area contributed by atoms with Crippen molar-refractivity contribution < 1.29 is 0 Å². The Hall–Kier alpha value is 0. The third kappa shape index (κ3) is 3.65. The van der Waals surface area contributed by atoms with Crippen LogP contribution in [0.5, 0.6) is 0 Å². The maximum Gasteiger partial charge on any atom is -0.0261 e. The molecule has 8 atom stereocenters. The van der Waals surface area contributed by atoms with Crippen molar-refractivity contribution in [3.05, 3.63) is 0 Å². The summed E-state index contributed by atoms with van der Waals surface area (Å²) in [4.78, 5) is 0. The fourth-order valence-electron chi connectivity index (χ4n) is 10.2. The van der Waals surface area contributed by atoms with E-state index in [1.54, 1.807) is 32.1 Å². The summed E-state index contributed by atoms with van der Waals surface area (Å²) in [5, 5.41) is 0. The Balaban J connectivity index is 1.49. The SMILES string of the molecule is CC(C)CCC[C@@H](C)[C@H]1CC[C@H]2[C@@H]3CCC4C(C)(C)CCC[C@]4(C)[C@H]3CC[C@]12C. The van der Waals surface area contributed by atoms with Gasteiger partial charge in [-0.2, -0.15) is 0 Å². The van der Waals surface area contributed by atoms with Crippen molar-refractivity contribution in [2.75, 3.05) is 0 Å². The molecule has 4 aliphatic rings. The second kappa shape index (κ2) is 7.85. The minimum Gasteiger partial charge on any atom is -0.0628 e. The summed E-state index contributed by atoms with van der Waals surface area (Å²) < 4.78 is 0. The standard InChI is InChI=1S/C29H52/c1-20(2)10-8-11-21(3)23-13-14-24-22-12-15-26-27(4,5)17-9-18-29(26,7)25(22)16-19-28(23,24)6/h20-26H,8-19H2,1-7H3/t21-,22+,23-,24+,25+,26?,28-,29-/m1/s1. The van der Waals surface area contributed by atoms with Gasteiger partial charge in [-0.1, -0.05) is 74.1 Å². The first-order valence-corrected chi connectivity index (χ1v) is 13.6. The van der Waals surface area contributed by atoms with E-state index in [1.807, 2.05) is 0 Å². The quantitative estimate of drug-likeness (QED) is 0.431. The summed E-state index contributed by atoms with van der Waals surface area (Å²) in [5.41, 5.74) is 1.89. The Morgan fingerprint density at radius 3 is 2.17 bits per heavy atom. The molecule has 0 saturated heterocycles. The second-order valence-corrected chi connectivity index (χ2v) is 13.9. The van der Waals surface area contributed by atoms with E-state index in [1.165, 1.54) is 44.9 Å². The van der Waals surface area contributed by atoms with E-state index < -0.39 is 0 Å². The van der Waals surface area contributed by atoms with Crippen LogP contribution < -0.4 is 0 Å². The maximum absolute atomic E-state index is 2.75. The number of hydrogen-bond acceptors (Lipinski definition) is 0. The van der Waals surface area contributed by atoms with Crippen LogP contribution in [0.25, 0.3) is 0 Å². The Morgan fingerprint density at radius 1 is 0.724 bits per heavy atom. The highest BCUT2D eigenvalue weighted by molar-refractivity contribution is 5.11. The van der Waals surface area contributed by atoms with Crippen LogP contribution in [0.2, 0.25) is 0 Å². The first kappa shape index (κ1) is 22.2. The van der Waals surface area contributed by atoms with Gasteiger partial charge in [-0.3, -0.25) is 0 Å². The zero-order chi connectivity index (χ0) is 21.0. The van der Waals surface area contributed by atoms with Gasteiger partial charge in [-0.15, -0.1) is 0 Å².